The first kappa shape index (κ1) is 17.0. The molecule has 19 heavy (non-hydrogen) atoms. The van der Waals surface area contributed by atoms with Crippen LogP contribution in [0.3, 0.4) is 0 Å². The number of alkyl halides is 1. The maximum absolute atomic E-state index is 5.81. The third-order valence-corrected chi connectivity index (χ3v) is 3.63. The minimum absolute atomic E-state index is 0.565. The average Bonchev–Trinajstić information content (AvgIpc) is 2.39. The van der Waals surface area contributed by atoms with Crippen LogP contribution in [-0.4, -0.2) is 33.5 Å². The van der Waals surface area contributed by atoms with Crippen molar-refractivity contribution in [2.45, 2.75) is 18.7 Å². The van der Waals surface area contributed by atoms with Gasteiger partial charge in [0.1, 0.15) is 12.4 Å². The Bertz CT molecular complexity index is 383. The topological polar surface area (TPSA) is 27.7 Å². The number of ether oxygens (including phenoxy) is 3. The second-order valence-corrected chi connectivity index (χ2v) is 5.63. The summed E-state index contributed by atoms with van der Waals surface area (Å²) in [4.78, 5) is 0. The minimum atomic E-state index is 0.565. The molecule has 5 heteroatoms. The highest BCUT2D eigenvalue weighted by Gasteiger charge is 2.08. The largest absolute Gasteiger partial charge is 0.491 e. The van der Waals surface area contributed by atoms with Gasteiger partial charge < -0.3 is 14.2 Å². The molecule has 0 unspecified atom stereocenters. The van der Waals surface area contributed by atoms with Gasteiger partial charge in [0, 0.05) is 35.7 Å². The lowest BCUT2D eigenvalue weighted by molar-refractivity contribution is 0.0803. The molecular weight excluding hydrogens is 376 g/mol. The number of rotatable bonds is 9. The molecule has 1 aromatic carbocycles. The maximum atomic E-state index is 5.81. The van der Waals surface area contributed by atoms with E-state index in [4.69, 9.17) is 14.2 Å². The summed E-state index contributed by atoms with van der Waals surface area (Å²) in [5.74, 6) is 0.945. The monoisotopic (exact) mass is 394 g/mol. The molecule has 1 rings (SSSR count). The summed E-state index contributed by atoms with van der Waals surface area (Å²) in [5, 5.41) is 0.775. The molecule has 0 saturated heterocycles. The van der Waals surface area contributed by atoms with E-state index in [2.05, 4.69) is 44.0 Å². The number of halogens is 2. The van der Waals surface area contributed by atoms with Gasteiger partial charge in [-0.25, -0.2) is 0 Å². The van der Waals surface area contributed by atoms with Crippen LogP contribution in [0.15, 0.2) is 16.6 Å². The van der Waals surface area contributed by atoms with Crippen LogP contribution in [0.1, 0.15) is 17.5 Å². The SMILES string of the molecule is COCCCOCCOc1c(C)cc(Br)cc1CBr. The Hall–Kier alpha value is -0.100. The summed E-state index contributed by atoms with van der Waals surface area (Å²) < 4.78 is 17.3. The molecule has 3 nitrogen and oxygen atoms in total. The number of methoxy groups -OCH3 is 1. The van der Waals surface area contributed by atoms with Crippen molar-refractivity contribution in [3.05, 3.63) is 27.7 Å². The van der Waals surface area contributed by atoms with Gasteiger partial charge in [-0.3, -0.25) is 0 Å². The van der Waals surface area contributed by atoms with Gasteiger partial charge >= 0.3 is 0 Å². The predicted molar refractivity (Wildman–Crippen MR) is 84.3 cm³/mol. The second-order valence-electron chi connectivity index (χ2n) is 4.15. The van der Waals surface area contributed by atoms with Crippen LogP contribution in [0, 0.1) is 6.92 Å². The van der Waals surface area contributed by atoms with Crippen LogP contribution in [0.25, 0.3) is 0 Å². The molecular formula is C14H20Br2O3. The maximum Gasteiger partial charge on any atom is 0.126 e. The first-order valence-corrected chi connectivity index (χ1v) is 8.15. The number of hydrogen-bond donors (Lipinski definition) is 0. The van der Waals surface area contributed by atoms with Gasteiger partial charge in [0.25, 0.3) is 0 Å². The van der Waals surface area contributed by atoms with E-state index in [1.165, 1.54) is 0 Å². The summed E-state index contributed by atoms with van der Waals surface area (Å²) in [7, 11) is 1.70. The molecule has 0 N–H and O–H groups in total. The zero-order chi connectivity index (χ0) is 14.1. The van der Waals surface area contributed by atoms with Crippen molar-refractivity contribution in [1.29, 1.82) is 0 Å². The van der Waals surface area contributed by atoms with E-state index in [0.29, 0.717) is 19.8 Å². The summed E-state index contributed by atoms with van der Waals surface area (Å²) in [6.45, 7) is 4.66. The third kappa shape index (κ3) is 6.25. The lowest BCUT2D eigenvalue weighted by Crippen LogP contribution is -2.10. The van der Waals surface area contributed by atoms with Gasteiger partial charge in [0.05, 0.1) is 6.61 Å². The lowest BCUT2D eigenvalue weighted by Gasteiger charge is -2.14. The number of aryl methyl sites for hydroxylation is 1. The van der Waals surface area contributed by atoms with Crippen molar-refractivity contribution >= 4 is 31.9 Å². The predicted octanol–water partition coefficient (Wildman–Crippen LogP) is 4.08. The summed E-state index contributed by atoms with van der Waals surface area (Å²) >= 11 is 6.97. The highest BCUT2D eigenvalue weighted by molar-refractivity contribution is 9.10. The Morgan fingerprint density at radius 2 is 1.89 bits per heavy atom. The molecule has 108 valence electrons. The van der Waals surface area contributed by atoms with Crippen molar-refractivity contribution < 1.29 is 14.2 Å². The zero-order valence-electron chi connectivity index (χ0n) is 11.4. The first-order chi connectivity index (χ1) is 9.19. The molecule has 0 spiro atoms. The van der Waals surface area contributed by atoms with Crippen molar-refractivity contribution in [2.24, 2.45) is 0 Å². The van der Waals surface area contributed by atoms with Gasteiger partial charge in [-0.1, -0.05) is 31.9 Å². The van der Waals surface area contributed by atoms with Gasteiger partial charge in [0.15, 0.2) is 0 Å². The number of benzene rings is 1. The molecule has 0 fully saturated rings. The fraction of sp³-hybridized carbons (Fsp3) is 0.571. The molecule has 0 bridgehead atoms. The quantitative estimate of drug-likeness (QED) is 0.465. The van der Waals surface area contributed by atoms with Gasteiger partial charge in [0.2, 0.25) is 0 Å². The van der Waals surface area contributed by atoms with Crippen LogP contribution < -0.4 is 4.74 Å². The highest BCUT2D eigenvalue weighted by atomic mass is 79.9. The molecule has 0 aromatic heterocycles. The molecule has 0 heterocycles. The molecule has 1 aromatic rings. The Morgan fingerprint density at radius 1 is 1.11 bits per heavy atom. The Balaban J connectivity index is 2.36. The van der Waals surface area contributed by atoms with E-state index >= 15 is 0 Å². The Labute approximate surface area is 131 Å². The molecule has 0 aliphatic rings. The van der Waals surface area contributed by atoms with Gasteiger partial charge in [-0.05, 0) is 31.0 Å². The lowest BCUT2D eigenvalue weighted by atomic mass is 10.1. The van der Waals surface area contributed by atoms with Crippen LogP contribution >= 0.6 is 31.9 Å². The van der Waals surface area contributed by atoms with E-state index in [0.717, 1.165) is 39.7 Å². The summed E-state index contributed by atoms with van der Waals surface area (Å²) in [5.41, 5.74) is 2.27. The summed E-state index contributed by atoms with van der Waals surface area (Å²) in [6.07, 6.45) is 0.917. The minimum Gasteiger partial charge on any atom is -0.491 e. The standard InChI is InChI=1S/C14H20Br2O3/c1-11-8-13(16)9-12(10-15)14(11)19-7-6-18-5-3-4-17-2/h8-9H,3-7,10H2,1-2H3. The normalized spacial score (nSPS) is 10.7. The van der Waals surface area contributed by atoms with Crippen LogP contribution in [-0.2, 0) is 14.8 Å². The molecule has 0 aliphatic carbocycles. The Kier molecular flexibility index (Phi) is 8.70. The molecule has 0 atom stereocenters. The molecule has 0 amide bonds. The van der Waals surface area contributed by atoms with E-state index in [1.807, 2.05) is 6.92 Å². The number of hydrogen-bond acceptors (Lipinski definition) is 3. The first-order valence-electron chi connectivity index (χ1n) is 6.23. The van der Waals surface area contributed by atoms with Crippen LogP contribution in [0.4, 0.5) is 0 Å². The molecule has 0 aliphatic heterocycles. The fourth-order valence-electron chi connectivity index (χ4n) is 1.72. The second kappa shape index (κ2) is 9.75. The van der Waals surface area contributed by atoms with Crippen LogP contribution in [0.2, 0.25) is 0 Å². The molecule has 0 saturated carbocycles. The van der Waals surface area contributed by atoms with E-state index < -0.39 is 0 Å². The van der Waals surface area contributed by atoms with Gasteiger partial charge in [-0.2, -0.15) is 0 Å². The highest BCUT2D eigenvalue weighted by Crippen LogP contribution is 2.29. The third-order valence-electron chi connectivity index (χ3n) is 2.57. The van der Waals surface area contributed by atoms with Crippen molar-refractivity contribution in [2.75, 3.05) is 33.5 Å². The van der Waals surface area contributed by atoms with Crippen LogP contribution in [0.5, 0.6) is 5.75 Å². The van der Waals surface area contributed by atoms with E-state index in [-0.39, 0.29) is 0 Å². The average molecular weight is 396 g/mol. The van der Waals surface area contributed by atoms with Crippen molar-refractivity contribution in [3.8, 4) is 5.75 Å². The van der Waals surface area contributed by atoms with Crippen molar-refractivity contribution in [1.82, 2.24) is 0 Å². The fourth-order valence-corrected chi connectivity index (χ4v) is 2.75. The molecule has 0 radical (unpaired) electrons. The van der Waals surface area contributed by atoms with Crippen molar-refractivity contribution in [3.63, 3.8) is 0 Å². The van der Waals surface area contributed by atoms with E-state index in [1.54, 1.807) is 7.11 Å². The van der Waals surface area contributed by atoms with E-state index in [9.17, 15) is 0 Å². The zero-order valence-corrected chi connectivity index (χ0v) is 14.6. The smallest absolute Gasteiger partial charge is 0.126 e. The summed E-state index contributed by atoms with van der Waals surface area (Å²) in [6, 6.07) is 4.12. The van der Waals surface area contributed by atoms with Gasteiger partial charge in [-0.15, -0.1) is 0 Å². The Morgan fingerprint density at radius 3 is 2.58 bits per heavy atom.